The number of sulfone groups is 1. The van der Waals surface area contributed by atoms with Crippen molar-refractivity contribution in [3.8, 4) is 12.1 Å². The van der Waals surface area contributed by atoms with Crippen LogP contribution < -0.4 is 0 Å². The zero-order valence-electron chi connectivity index (χ0n) is 12.0. The van der Waals surface area contributed by atoms with Crippen LogP contribution in [0.15, 0.2) is 33.7 Å². The number of hydrogen-bond acceptors (Lipinski definition) is 6. The van der Waals surface area contributed by atoms with Crippen molar-refractivity contribution >= 4 is 26.4 Å². The highest BCUT2D eigenvalue weighted by Gasteiger charge is 2.41. The fourth-order valence-corrected chi connectivity index (χ4v) is 4.03. The lowest BCUT2D eigenvalue weighted by molar-refractivity contribution is 0.510. The van der Waals surface area contributed by atoms with Gasteiger partial charge in [0, 0.05) is 12.1 Å². The molecule has 6 nitrogen and oxygen atoms in total. The highest BCUT2D eigenvalue weighted by molar-refractivity contribution is 7.96. The zero-order valence-corrected chi connectivity index (χ0v) is 12.8. The van der Waals surface area contributed by atoms with E-state index in [2.05, 4.69) is 9.97 Å². The number of fused-ring (bicyclic) bond motifs is 2. The fourth-order valence-electron chi connectivity index (χ4n) is 2.42. The standard InChI is InChI=1S/C15H6F2N4O2S/c1-2-12-13(7(5-18)6-19)14-15(24(12,22)23)21-11-4-9(17)8(16)3-10(11)20-14/h2-4H,1H3/b12-2-. The van der Waals surface area contributed by atoms with Gasteiger partial charge < -0.3 is 0 Å². The predicted octanol–water partition coefficient (Wildman–Crippen LogP) is 2.40. The van der Waals surface area contributed by atoms with Gasteiger partial charge in [-0.1, -0.05) is 6.08 Å². The number of hydrogen-bond donors (Lipinski definition) is 0. The monoisotopic (exact) mass is 344 g/mol. The first-order valence-corrected chi connectivity index (χ1v) is 7.97. The van der Waals surface area contributed by atoms with Gasteiger partial charge in [0.2, 0.25) is 9.84 Å². The van der Waals surface area contributed by atoms with Crippen molar-refractivity contribution in [2.75, 3.05) is 0 Å². The van der Waals surface area contributed by atoms with Crippen molar-refractivity contribution < 1.29 is 17.2 Å². The number of rotatable bonds is 0. The lowest BCUT2D eigenvalue weighted by Gasteiger charge is -2.02. The van der Waals surface area contributed by atoms with Crippen LogP contribution in [0.2, 0.25) is 0 Å². The average Bonchev–Trinajstić information content (AvgIpc) is 2.75. The maximum Gasteiger partial charge on any atom is 0.226 e. The molecule has 1 aromatic heterocycles. The summed E-state index contributed by atoms with van der Waals surface area (Å²) in [5.74, 6) is -2.36. The van der Waals surface area contributed by atoms with Crippen LogP contribution in [0, 0.1) is 34.3 Å². The second kappa shape index (κ2) is 5.18. The van der Waals surface area contributed by atoms with Crippen molar-refractivity contribution in [1.82, 2.24) is 9.97 Å². The van der Waals surface area contributed by atoms with E-state index in [9.17, 15) is 17.2 Å². The Morgan fingerprint density at radius 2 is 1.67 bits per heavy atom. The molecule has 3 rings (SSSR count). The minimum atomic E-state index is -4.11. The summed E-state index contributed by atoms with van der Waals surface area (Å²) in [6, 6.07) is 4.74. The quantitative estimate of drug-likeness (QED) is 0.679. The van der Waals surface area contributed by atoms with Gasteiger partial charge in [-0.3, -0.25) is 0 Å². The van der Waals surface area contributed by atoms with Crippen molar-refractivity contribution in [3.05, 3.63) is 46.0 Å². The third-order valence-electron chi connectivity index (χ3n) is 3.44. The molecule has 0 radical (unpaired) electrons. The number of nitriles is 2. The first-order chi connectivity index (χ1) is 11.3. The Morgan fingerprint density at radius 3 is 2.17 bits per heavy atom. The summed E-state index contributed by atoms with van der Waals surface area (Å²) in [4.78, 5) is 7.57. The molecule has 0 aliphatic carbocycles. The van der Waals surface area contributed by atoms with E-state index in [0.29, 0.717) is 0 Å². The van der Waals surface area contributed by atoms with Crippen LogP contribution in [-0.2, 0) is 9.84 Å². The van der Waals surface area contributed by atoms with E-state index in [-0.39, 0.29) is 27.2 Å². The van der Waals surface area contributed by atoms with Gasteiger partial charge in [0.15, 0.2) is 16.7 Å². The Morgan fingerprint density at radius 1 is 1.12 bits per heavy atom. The van der Waals surface area contributed by atoms with Crippen LogP contribution in [0.25, 0.3) is 16.6 Å². The van der Waals surface area contributed by atoms with Crippen LogP contribution in [0.4, 0.5) is 8.78 Å². The third kappa shape index (κ3) is 1.99. The predicted molar refractivity (Wildman–Crippen MR) is 78.5 cm³/mol. The highest BCUT2D eigenvalue weighted by Crippen LogP contribution is 2.43. The topological polar surface area (TPSA) is 108 Å². The maximum atomic E-state index is 13.4. The molecular weight excluding hydrogens is 338 g/mol. The molecule has 0 amide bonds. The second-order valence-corrected chi connectivity index (χ2v) is 6.60. The van der Waals surface area contributed by atoms with Crippen LogP contribution in [0.1, 0.15) is 12.6 Å². The summed E-state index contributed by atoms with van der Waals surface area (Å²) in [6.45, 7) is 1.42. The van der Waals surface area contributed by atoms with Crippen molar-refractivity contribution in [2.45, 2.75) is 11.9 Å². The largest absolute Gasteiger partial charge is 0.243 e. The van der Waals surface area contributed by atoms with E-state index in [4.69, 9.17) is 10.5 Å². The fraction of sp³-hybridized carbons (Fsp3) is 0.0667. The third-order valence-corrected chi connectivity index (χ3v) is 5.25. The Bertz CT molecular complexity index is 1150. The van der Waals surface area contributed by atoms with Gasteiger partial charge in [0.25, 0.3) is 0 Å². The van der Waals surface area contributed by atoms with Crippen molar-refractivity contribution in [2.24, 2.45) is 0 Å². The summed E-state index contributed by atoms with van der Waals surface area (Å²) >= 11 is 0. The minimum Gasteiger partial charge on any atom is -0.243 e. The summed E-state index contributed by atoms with van der Waals surface area (Å²) in [5, 5.41) is 17.7. The molecule has 1 aromatic carbocycles. The van der Waals surface area contributed by atoms with Gasteiger partial charge in [-0.2, -0.15) is 10.5 Å². The Labute approximate surface area is 134 Å². The van der Waals surface area contributed by atoms with E-state index >= 15 is 0 Å². The molecule has 0 bridgehead atoms. The SMILES string of the molecule is C/C=C1/C(=C(C#N)C#N)c2nc3cc(F)c(F)cc3nc2S1(=O)=O. The van der Waals surface area contributed by atoms with E-state index < -0.39 is 32.1 Å². The van der Waals surface area contributed by atoms with Crippen LogP contribution >= 0.6 is 0 Å². The number of nitrogens with zero attached hydrogens (tertiary/aromatic N) is 4. The number of benzene rings is 1. The number of halogens is 2. The van der Waals surface area contributed by atoms with E-state index in [1.165, 1.54) is 13.0 Å². The zero-order chi connectivity index (χ0) is 17.6. The molecule has 118 valence electrons. The van der Waals surface area contributed by atoms with Crippen LogP contribution in [-0.4, -0.2) is 18.4 Å². The molecule has 0 atom stereocenters. The molecule has 2 heterocycles. The first-order valence-electron chi connectivity index (χ1n) is 6.48. The molecule has 0 saturated carbocycles. The van der Waals surface area contributed by atoms with Crippen molar-refractivity contribution in [1.29, 1.82) is 10.5 Å². The maximum absolute atomic E-state index is 13.4. The molecular formula is C15H6F2N4O2S. The lowest BCUT2D eigenvalue weighted by Crippen LogP contribution is -2.02. The van der Waals surface area contributed by atoms with Crippen molar-refractivity contribution in [3.63, 3.8) is 0 Å². The van der Waals surface area contributed by atoms with Crippen LogP contribution in [0.5, 0.6) is 0 Å². The summed E-state index contributed by atoms with van der Waals surface area (Å²) in [5.41, 5.74) is -1.10. The Kier molecular flexibility index (Phi) is 3.39. The molecule has 9 heteroatoms. The molecule has 24 heavy (non-hydrogen) atoms. The van der Waals surface area contributed by atoms with E-state index in [1.807, 2.05) is 0 Å². The molecule has 0 fully saturated rings. The van der Waals surface area contributed by atoms with Gasteiger partial charge in [-0.25, -0.2) is 27.2 Å². The molecule has 1 aliphatic rings. The Balaban J connectivity index is 2.54. The normalized spacial score (nSPS) is 16.7. The molecule has 0 N–H and O–H groups in total. The van der Waals surface area contributed by atoms with Gasteiger partial charge in [-0.15, -0.1) is 0 Å². The minimum absolute atomic E-state index is 0.0899. The van der Waals surface area contributed by atoms with E-state index in [0.717, 1.165) is 12.1 Å². The summed E-state index contributed by atoms with van der Waals surface area (Å²) in [6.07, 6.45) is 1.22. The van der Waals surface area contributed by atoms with Gasteiger partial charge in [-0.05, 0) is 6.92 Å². The van der Waals surface area contributed by atoms with E-state index in [1.54, 1.807) is 12.1 Å². The average molecular weight is 344 g/mol. The molecule has 0 saturated heterocycles. The van der Waals surface area contributed by atoms with Crippen LogP contribution in [0.3, 0.4) is 0 Å². The first kappa shape index (κ1) is 15.7. The number of aromatic nitrogens is 2. The van der Waals surface area contributed by atoms with Gasteiger partial charge in [0.05, 0.1) is 21.5 Å². The number of allylic oxidation sites excluding steroid dienone is 3. The summed E-state index contributed by atoms with van der Waals surface area (Å²) in [7, 11) is -4.11. The Hall–Kier alpha value is -3.17. The molecule has 1 aliphatic heterocycles. The van der Waals surface area contributed by atoms with Gasteiger partial charge in [0.1, 0.15) is 23.4 Å². The second-order valence-electron chi connectivity index (χ2n) is 4.76. The molecule has 2 aromatic rings. The van der Waals surface area contributed by atoms with Gasteiger partial charge >= 0.3 is 0 Å². The lowest BCUT2D eigenvalue weighted by atomic mass is 10.1. The summed E-state index contributed by atoms with van der Waals surface area (Å²) < 4.78 is 51.9. The highest BCUT2D eigenvalue weighted by atomic mass is 32.2. The molecule has 0 spiro atoms. The smallest absolute Gasteiger partial charge is 0.226 e. The molecule has 0 unspecified atom stereocenters.